The van der Waals surface area contributed by atoms with Crippen LogP contribution in [0.5, 0.6) is 0 Å². The van der Waals surface area contributed by atoms with Crippen LogP contribution in [0.15, 0.2) is 46.0 Å². The molecule has 1 aromatic carbocycles. The second-order valence-corrected chi connectivity index (χ2v) is 6.60. The van der Waals surface area contributed by atoms with Gasteiger partial charge in [0.15, 0.2) is 5.96 Å². The zero-order chi connectivity index (χ0) is 20.6. The lowest BCUT2D eigenvalue weighted by Gasteiger charge is -2.37. The lowest BCUT2D eigenvalue weighted by atomic mass is 10.2. The summed E-state index contributed by atoms with van der Waals surface area (Å²) in [6.45, 7) is 5.12. The lowest BCUT2D eigenvalue weighted by molar-refractivity contribution is -0.119. The van der Waals surface area contributed by atoms with Crippen LogP contribution in [0.1, 0.15) is 12.7 Å². The van der Waals surface area contributed by atoms with Crippen LogP contribution >= 0.6 is 0 Å². The number of amides is 1. The van der Waals surface area contributed by atoms with Gasteiger partial charge in [-0.05, 0) is 31.2 Å². The first-order valence-corrected chi connectivity index (χ1v) is 9.59. The van der Waals surface area contributed by atoms with Gasteiger partial charge in [-0.3, -0.25) is 4.79 Å². The molecule has 0 bridgehead atoms. The topological polar surface area (TPSA) is 73.1 Å². The highest BCUT2D eigenvalue weighted by Crippen LogP contribution is 2.21. The Labute approximate surface area is 168 Å². The number of hydrogen-bond donors (Lipinski definition) is 2. The number of hydrogen-bond acceptors (Lipinski definition) is 4. The summed E-state index contributed by atoms with van der Waals surface area (Å²) in [5.41, 5.74) is 0.267. The van der Waals surface area contributed by atoms with E-state index in [-0.39, 0.29) is 18.1 Å². The lowest BCUT2D eigenvalue weighted by Crippen LogP contribution is -2.53. The van der Waals surface area contributed by atoms with E-state index in [0.29, 0.717) is 51.0 Å². The van der Waals surface area contributed by atoms with Crippen molar-refractivity contribution in [3.63, 3.8) is 0 Å². The Morgan fingerprint density at radius 2 is 1.97 bits per heavy atom. The van der Waals surface area contributed by atoms with Crippen LogP contribution < -0.4 is 15.5 Å². The van der Waals surface area contributed by atoms with Crippen LogP contribution in [0.2, 0.25) is 0 Å². The van der Waals surface area contributed by atoms with Crippen molar-refractivity contribution in [3.8, 4) is 0 Å². The van der Waals surface area contributed by atoms with Crippen LogP contribution in [0.3, 0.4) is 0 Å². The fourth-order valence-corrected chi connectivity index (χ4v) is 3.11. The highest BCUT2D eigenvalue weighted by atomic mass is 19.1. The predicted octanol–water partition coefficient (Wildman–Crippen LogP) is 1.96. The van der Waals surface area contributed by atoms with E-state index in [4.69, 9.17) is 4.42 Å². The Morgan fingerprint density at radius 1 is 1.17 bits per heavy atom. The molecule has 1 aliphatic heterocycles. The molecule has 0 radical (unpaired) electrons. The third-order valence-electron chi connectivity index (χ3n) is 4.58. The van der Waals surface area contributed by atoms with Gasteiger partial charge < -0.3 is 24.9 Å². The average Bonchev–Trinajstić information content (AvgIpc) is 3.25. The molecule has 9 heteroatoms. The zero-order valence-corrected chi connectivity index (χ0v) is 16.3. The van der Waals surface area contributed by atoms with Gasteiger partial charge in [0.05, 0.1) is 18.5 Å². The number of aliphatic imine (C=N–C) groups is 1. The molecule has 0 saturated carbocycles. The van der Waals surface area contributed by atoms with Crippen LogP contribution in [-0.2, 0) is 11.3 Å². The van der Waals surface area contributed by atoms with Gasteiger partial charge in [0, 0.05) is 38.8 Å². The van der Waals surface area contributed by atoms with Crippen molar-refractivity contribution >= 4 is 17.6 Å². The maximum atomic E-state index is 14.0. The van der Waals surface area contributed by atoms with E-state index in [1.54, 1.807) is 18.4 Å². The summed E-state index contributed by atoms with van der Waals surface area (Å²) >= 11 is 0. The first-order valence-electron chi connectivity index (χ1n) is 9.59. The van der Waals surface area contributed by atoms with Gasteiger partial charge in [0.1, 0.15) is 23.9 Å². The van der Waals surface area contributed by atoms with E-state index in [9.17, 15) is 13.6 Å². The van der Waals surface area contributed by atoms with Crippen molar-refractivity contribution in [2.75, 3.05) is 44.2 Å². The Kier molecular flexibility index (Phi) is 7.04. The summed E-state index contributed by atoms with van der Waals surface area (Å²) in [6, 6.07) is 7.02. The van der Waals surface area contributed by atoms with E-state index in [1.807, 2.05) is 16.7 Å². The molecule has 1 aromatic heterocycles. The first kappa shape index (κ1) is 20.6. The number of halogens is 2. The van der Waals surface area contributed by atoms with E-state index in [2.05, 4.69) is 15.6 Å². The fraction of sp³-hybridized carbons (Fsp3) is 0.400. The number of anilines is 1. The Bertz CT molecular complexity index is 833. The molecular weight excluding hydrogens is 380 g/mol. The van der Waals surface area contributed by atoms with E-state index in [0.717, 1.165) is 12.1 Å². The molecule has 0 atom stereocenters. The molecule has 0 aliphatic carbocycles. The summed E-state index contributed by atoms with van der Waals surface area (Å²) in [7, 11) is 0. The average molecular weight is 405 g/mol. The number of nitrogens with one attached hydrogen (secondary N) is 2. The highest BCUT2D eigenvalue weighted by molar-refractivity contribution is 5.85. The monoisotopic (exact) mass is 405 g/mol. The number of guanidine groups is 1. The second-order valence-electron chi connectivity index (χ2n) is 6.60. The quantitative estimate of drug-likeness (QED) is 0.568. The number of furan rings is 1. The van der Waals surface area contributed by atoms with Crippen LogP contribution in [-0.4, -0.2) is 56.0 Å². The molecule has 0 spiro atoms. The first-order chi connectivity index (χ1) is 14.1. The Hall–Kier alpha value is -3.10. The molecule has 2 heterocycles. The van der Waals surface area contributed by atoms with Crippen molar-refractivity contribution in [3.05, 3.63) is 54.0 Å². The molecule has 2 N–H and O–H groups in total. The van der Waals surface area contributed by atoms with E-state index < -0.39 is 11.6 Å². The van der Waals surface area contributed by atoms with Crippen LogP contribution in [0.25, 0.3) is 0 Å². The van der Waals surface area contributed by atoms with Gasteiger partial charge in [0.2, 0.25) is 5.91 Å². The molecule has 156 valence electrons. The number of rotatable bonds is 6. The molecule has 0 unspecified atom stereocenters. The standard InChI is InChI=1S/C20H25F2N5O2/c1-2-23-20(25-14-19(28)24-13-16-4-3-11-29-16)27-9-7-26(8-10-27)18-12-15(21)5-6-17(18)22/h3-6,11-12H,2,7-10,13-14H2,1H3,(H,23,25)(H,24,28). The third-order valence-corrected chi connectivity index (χ3v) is 4.58. The van der Waals surface area contributed by atoms with Crippen LogP contribution in [0, 0.1) is 11.6 Å². The minimum absolute atomic E-state index is 0.0121. The minimum atomic E-state index is -0.459. The molecule has 2 aromatic rings. The van der Waals surface area contributed by atoms with Crippen molar-refractivity contribution in [1.82, 2.24) is 15.5 Å². The molecule has 1 fully saturated rings. The van der Waals surface area contributed by atoms with Crippen molar-refractivity contribution in [1.29, 1.82) is 0 Å². The van der Waals surface area contributed by atoms with Gasteiger partial charge in [-0.15, -0.1) is 0 Å². The van der Waals surface area contributed by atoms with Gasteiger partial charge in [-0.1, -0.05) is 0 Å². The van der Waals surface area contributed by atoms with Gasteiger partial charge >= 0.3 is 0 Å². The van der Waals surface area contributed by atoms with Crippen molar-refractivity contribution in [2.24, 2.45) is 4.99 Å². The number of nitrogens with zero attached hydrogens (tertiary/aromatic N) is 3. The summed E-state index contributed by atoms with van der Waals surface area (Å²) < 4.78 is 32.6. The van der Waals surface area contributed by atoms with Gasteiger partial charge in [0.25, 0.3) is 0 Å². The molecule has 29 heavy (non-hydrogen) atoms. The summed E-state index contributed by atoms with van der Waals surface area (Å²) in [4.78, 5) is 20.3. The summed E-state index contributed by atoms with van der Waals surface area (Å²) in [5, 5.41) is 5.93. The van der Waals surface area contributed by atoms with E-state index >= 15 is 0 Å². The van der Waals surface area contributed by atoms with Crippen molar-refractivity contribution in [2.45, 2.75) is 13.5 Å². The predicted molar refractivity (Wildman–Crippen MR) is 107 cm³/mol. The number of benzene rings is 1. The number of carbonyl (C=O) groups is 1. The number of carbonyl (C=O) groups excluding carboxylic acids is 1. The summed E-state index contributed by atoms with van der Waals surface area (Å²) in [5.74, 6) is 0.195. The Morgan fingerprint density at radius 3 is 2.66 bits per heavy atom. The zero-order valence-electron chi connectivity index (χ0n) is 16.3. The smallest absolute Gasteiger partial charge is 0.242 e. The summed E-state index contributed by atoms with van der Waals surface area (Å²) in [6.07, 6.45) is 1.55. The van der Waals surface area contributed by atoms with Gasteiger partial charge in [-0.2, -0.15) is 0 Å². The largest absolute Gasteiger partial charge is 0.467 e. The highest BCUT2D eigenvalue weighted by Gasteiger charge is 2.22. The fourth-order valence-electron chi connectivity index (χ4n) is 3.11. The minimum Gasteiger partial charge on any atom is -0.467 e. The second kappa shape index (κ2) is 9.90. The van der Waals surface area contributed by atoms with Crippen molar-refractivity contribution < 1.29 is 18.0 Å². The third kappa shape index (κ3) is 5.69. The molecule has 3 rings (SSSR count). The molecule has 1 saturated heterocycles. The molecule has 7 nitrogen and oxygen atoms in total. The van der Waals surface area contributed by atoms with Crippen LogP contribution in [0.4, 0.5) is 14.5 Å². The molecule has 1 aliphatic rings. The van der Waals surface area contributed by atoms with E-state index in [1.165, 1.54) is 6.07 Å². The molecule has 1 amide bonds. The molecular formula is C20H25F2N5O2. The van der Waals surface area contributed by atoms with Gasteiger partial charge in [-0.25, -0.2) is 13.8 Å². The number of piperazine rings is 1. The Balaban J connectivity index is 1.54. The maximum Gasteiger partial charge on any atom is 0.242 e. The SMILES string of the molecule is CCNC(=NCC(=O)NCc1ccco1)N1CCN(c2cc(F)ccc2F)CC1. The normalized spacial score (nSPS) is 14.8. The maximum absolute atomic E-state index is 14.0.